The van der Waals surface area contributed by atoms with Gasteiger partial charge < -0.3 is 10.4 Å². The number of carbonyl (C=O) groups is 1. The molecule has 0 radical (unpaired) electrons. The fourth-order valence-corrected chi connectivity index (χ4v) is 2.33. The Hall–Kier alpha value is -2.60. The molecule has 1 amide bonds. The molecular weight excluding hydrogens is 284 g/mol. The van der Waals surface area contributed by atoms with Gasteiger partial charge in [0.15, 0.2) is 0 Å². The number of nitrogens with zero attached hydrogens (tertiary/aromatic N) is 1. The molecule has 1 aromatic carbocycles. The molecule has 2 rings (SSSR count). The molecule has 2 N–H and O–H groups in total. The van der Waals surface area contributed by atoms with Gasteiger partial charge in [-0.25, -0.2) is 0 Å². The topological polar surface area (TPSA) is 73.1 Å². The van der Waals surface area contributed by atoms with Crippen LogP contribution in [0.5, 0.6) is 0 Å². The Balaban J connectivity index is 2.03. The molecule has 0 saturated carbocycles. The first-order valence-corrected chi connectivity index (χ1v) is 7.05. The molecule has 5 heteroatoms. The maximum Gasteiger partial charge on any atom is 0.265 e. The van der Waals surface area contributed by atoms with E-state index in [2.05, 4.69) is 17.2 Å². The molecule has 104 valence electrons. The van der Waals surface area contributed by atoms with Crippen LogP contribution < -0.4 is 5.32 Å². The zero-order chi connectivity index (χ0) is 15.1. The fraction of sp³-hybridized carbons (Fsp3) is 0.125. The van der Waals surface area contributed by atoms with E-state index in [1.165, 1.54) is 11.3 Å². The van der Waals surface area contributed by atoms with Crippen molar-refractivity contribution in [2.24, 2.45) is 0 Å². The lowest BCUT2D eigenvalue weighted by atomic mass is 10.2. The monoisotopic (exact) mass is 296 g/mol. The van der Waals surface area contributed by atoms with Crippen molar-refractivity contribution in [3.63, 3.8) is 0 Å². The van der Waals surface area contributed by atoms with E-state index in [0.717, 1.165) is 4.88 Å². The summed E-state index contributed by atoms with van der Waals surface area (Å²) in [6.45, 7) is 0.0322. The third-order valence-electron chi connectivity index (χ3n) is 2.55. The van der Waals surface area contributed by atoms with E-state index in [1.54, 1.807) is 36.4 Å². The summed E-state index contributed by atoms with van der Waals surface area (Å²) < 4.78 is 0. The summed E-state index contributed by atoms with van der Waals surface area (Å²) >= 11 is 1.30. The second-order valence-electron chi connectivity index (χ2n) is 4.08. The van der Waals surface area contributed by atoms with Crippen LogP contribution in [0.4, 0.5) is 5.69 Å². The number of nitriles is 1. The molecule has 0 unspecified atom stereocenters. The van der Waals surface area contributed by atoms with E-state index in [4.69, 9.17) is 10.4 Å². The summed E-state index contributed by atoms with van der Waals surface area (Å²) in [5.74, 6) is 5.50. The Morgan fingerprint density at radius 1 is 1.24 bits per heavy atom. The number of benzene rings is 1. The third kappa shape index (κ3) is 4.19. The van der Waals surface area contributed by atoms with E-state index in [9.17, 15) is 4.79 Å². The summed E-state index contributed by atoms with van der Waals surface area (Å²) in [5.41, 5.74) is 1.19. The summed E-state index contributed by atoms with van der Waals surface area (Å²) in [6.07, 6.45) is 0.421. The van der Waals surface area contributed by atoms with Crippen molar-refractivity contribution in [3.05, 3.63) is 51.7 Å². The first-order valence-electron chi connectivity index (χ1n) is 6.24. The molecule has 0 aliphatic heterocycles. The lowest BCUT2D eigenvalue weighted by Gasteiger charge is -2.02. The number of aliphatic hydroxyl groups excluding tert-OH is 1. The lowest BCUT2D eigenvalue weighted by Crippen LogP contribution is -2.09. The molecule has 0 aliphatic rings. The van der Waals surface area contributed by atoms with Gasteiger partial charge in [-0.05, 0) is 36.4 Å². The number of hydrogen-bond donors (Lipinski definition) is 2. The number of anilines is 1. The molecule has 1 heterocycles. The van der Waals surface area contributed by atoms with Crippen LogP contribution in [-0.2, 0) is 0 Å². The number of rotatable bonds is 3. The molecule has 0 aliphatic carbocycles. The maximum absolute atomic E-state index is 12.1. The zero-order valence-electron chi connectivity index (χ0n) is 11.1. The average Bonchev–Trinajstić information content (AvgIpc) is 2.97. The number of nitrogens with one attached hydrogen (secondary N) is 1. The number of aliphatic hydroxyl groups is 1. The van der Waals surface area contributed by atoms with E-state index in [-0.39, 0.29) is 12.5 Å². The highest BCUT2D eigenvalue weighted by Crippen LogP contribution is 2.18. The van der Waals surface area contributed by atoms with Gasteiger partial charge in [-0.2, -0.15) is 5.26 Å². The van der Waals surface area contributed by atoms with Crippen molar-refractivity contribution >= 4 is 22.9 Å². The van der Waals surface area contributed by atoms with Gasteiger partial charge in [0.1, 0.15) is 0 Å². The average molecular weight is 296 g/mol. The van der Waals surface area contributed by atoms with E-state index >= 15 is 0 Å². The summed E-state index contributed by atoms with van der Waals surface area (Å²) in [4.78, 5) is 13.4. The summed E-state index contributed by atoms with van der Waals surface area (Å²) in [6, 6.07) is 12.2. The minimum Gasteiger partial charge on any atom is -0.395 e. The molecule has 4 nitrogen and oxygen atoms in total. The Morgan fingerprint density at radius 3 is 2.67 bits per heavy atom. The van der Waals surface area contributed by atoms with Crippen LogP contribution in [0.3, 0.4) is 0 Å². The quantitative estimate of drug-likeness (QED) is 0.855. The number of hydrogen-bond acceptors (Lipinski definition) is 4. The van der Waals surface area contributed by atoms with Crippen molar-refractivity contribution < 1.29 is 9.90 Å². The first-order chi connectivity index (χ1) is 10.2. The molecule has 0 bridgehead atoms. The van der Waals surface area contributed by atoms with Crippen molar-refractivity contribution in [1.29, 1.82) is 5.26 Å². The maximum atomic E-state index is 12.1. The Morgan fingerprint density at radius 2 is 2.00 bits per heavy atom. The van der Waals surface area contributed by atoms with Crippen LogP contribution in [0.2, 0.25) is 0 Å². The van der Waals surface area contributed by atoms with E-state index in [0.29, 0.717) is 22.5 Å². The molecule has 2 aromatic rings. The molecular formula is C16H12N2O2S. The molecule has 0 atom stereocenters. The van der Waals surface area contributed by atoms with Gasteiger partial charge in [0, 0.05) is 12.1 Å². The highest BCUT2D eigenvalue weighted by atomic mass is 32.1. The van der Waals surface area contributed by atoms with Crippen LogP contribution in [0.15, 0.2) is 36.4 Å². The van der Waals surface area contributed by atoms with Crippen LogP contribution in [0.25, 0.3) is 0 Å². The van der Waals surface area contributed by atoms with Crippen molar-refractivity contribution in [2.75, 3.05) is 11.9 Å². The Bertz CT molecular complexity index is 730. The van der Waals surface area contributed by atoms with Gasteiger partial charge in [-0.15, -0.1) is 11.3 Å². The predicted octanol–water partition coefficient (Wildman–Crippen LogP) is 2.61. The van der Waals surface area contributed by atoms with Gasteiger partial charge in [0.2, 0.25) is 0 Å². The van der Waals surface area contributed by atoms with Crippen LogP contribution in [0, 0.1) is 23.2 Å². The molecule has 0 spiro atoms. The Kier molecular flexibility index (Phi) is 5.11. The highest BCUT2D eigenvalue weighted by molar-refractivity contribution is 7.14. The molecule has 21 heavy (non-hydrogen) atoms. The highest BCUT2D eigenvalue weighted by Gasteiger charge is 2.08. The van der Waals surface area contributed by atoms with Crippen molar-refractivity contribution in [3.8, 4) is 17.9 Å². The van der Waals surface area contributed by atoms with Gasteiger partial charge >= 0.3 is 0 Å². The van der Waals surface area contributed by atoms with Crippen LogP contribution in [-0.4, -0.2) is 17.6 Å². The summed E-state index contributed by atoms with van der Waals surface area (Å²) in [7, 11) is 0. The van der Waals surface area contributed by atoms with Crippen LogP contribution >= 0.6 is 11.3 Å². The van der Waals surface area contributed by atoms with E-state index < -0.39 is 0 Å². The lowest BCUT2D eigenvalue weighted by molar-refractivity contribution is 0.103. The molecule has 1 aromatic heterocycles. The number of amides is 1. The second kappa shape index (κ2) is 7.25. The van der Waals surface area contributed by atoms with Gasteiger partial charge in [-0.1, -0.05) is 11.8 Å². The Labute approximate surface area is 126 Å². The predicted molar refractivity (Wildman–Crippen MR) is 82.0 cm³/mol. The zero-order valence-corrected chi connectivity index (χ0v) is 11.9. The van der Waals surface area contributed by atoms with Crippen molar-refractivity contribution in [2.45, 2.75) is 6.42 Å². The van der Waals surface area contributed by atoms with Crippen molar-refractivity contribution in [1.82, 2.24) is 0 Å². The van der Waals surface area contributed by atoms with Gasteiger partial charge in [0.05, 0.1) is 28.0 Å². The largest absolute Gasteiger partial charge is 0.395 e. The minimum atomic E-state index is -0.208. The third-order valence-corrected chi connectivity index (χ3v) is 3.55. The van der Waals surface area contributed by atoms with Crippen LogP contribution in [0.1, 0.15) is 26.5 Å². The normalized spacial score (nSPS) is 9.33. The second-order valence-corrected chi connectivity index (χ2v) is 5.17. The fourth-order valence-electron chi connectivity index (χ4n) is 1.55. The number of carbonyl (C=O) groups excluding carboxylic acids is 1. The summed E-state index contributed by atoms with van der Waals surface area (Å²) in [5, 5.41) is 20.1. The minimum absolute atomic E-state index is 0.0322. The van der Waals surface area contributed by atoms with Gasteiger partial charge in [-0.3, -0.25) is 4.79 Å². The number of thiophene rings is 1. The molecule has 0 saturated heterocycles. The standard InChI is InChI=1S/C16H12N2O2S/c17-11-12-4-6-13(7-5-12)18-16(20)15-9-8-14(21-15)3-1-2-10-19/h4-9,19H,2,10H2,(H,18,20). The van der Waals surface area contributed by atoms with E-state index in [1.807, 2.05) is 6.07 Å². The molecule has 0 fully saturated rings. The first kappa shape index (κ1) is 14.8. The SMILES string of the molecule is N#Cc1ccc(NC(=O)c2ccc(C#CCCO)s2)cc1. The van der Waals surface area contributed by atoms with Gasteiger partial charge in [0.25, 0.3) is 5.91 Å². The smallest absolute Gasteiger partial charge is 0.265 e.